The Morgan fingerprint density at radius 2 is 1.90 bits per heavy atom. The molecule has 1 aromatic carbocycles. The summed E-state index contributed by atoms with van der Waals surface area (Å²) in [6, 6.07) is 11.9. The Hall–Kier alpha value is -3.54. The quantitative estimate of drug-likeness (QED) is 0.617. The Kier molecular flexibility index (Phi) is 5.46. The number of nitrogens with zero attached hydrogens (tertiary/aromatic N) is 3. The molecule has 0 fully saturated rings. The average molecular weight is 389 g/mol. The number of amides is 1. The lowest BCUT2D eigenvalue weighted by atomic mass is 9.82. The molecule has 6 nitrogen and oxygen atoms in total. The second-order valence-electron chi connectivity index (χ2n) is 7.80. The zero-order valence-electron chi connectivity index (χ0n) is 16.7. The van der Waals surface area contributed by atoms with Crippen LogP contribution in [-0.2, 0) is 9.59 Å². The molecule has 0 saturated heterocycles. The zero-order valence-corrected chi connectivity index (χ0v) is 16.7. The van der Waals surface area contributed by atoms with Crippen LogP contribution in [0.25, 0.3) is 5.70 Å². The highest BCUT2D eigenvalue weighted by Gasteiger charge is 2.45. The molecule has 148 valence electrons. The summed E-state index contributed by atoms with van der Waals surface area (Å²) in [5.41, 5.74) is 1.13. The molecule has 0 saturated carbocycles. The van der Waals surface area contributed by atoms with Gasteiger partial charge in [-0.15, -0.1) is 0 Å². The van der Waals surface area contributed by atoms with Crippen molar-refractivity contribution in [1.82, 2.24) is 9.88 Å². The predicted molar refractivity (Wildman–Crippen MR) is 112 cm³/mol. The van der Waals surface area contributed by atoms with E-state index in [9.17, 15) is 14.7 Å². The highest BCUT2D eigenvalue weighted by atomic mass is 16.3. The summed E-state index contributed by atoms with van der Waals surface area (Å²) in [6.07, 6.45) is 4.57. The molecule has 1 amide bonds. The predicted octanol–water partition coefficient (Wildman–Crippen LogP) is 4.09. The number of hydrogen-bond acceptors (Lipinski definition) is 5. The molecule has 1 aromatic heterocycles. The monoisotopic (exact) mass is 389 g/mol. The first-order valence-electron chi connectivity index (χ1n) is 9.21. The summed E-state index contributed by atoms with van der Waals surface area (Å²) < 4.78 is 0. The van der Waals surface area contributed by atoms with E-state index in [0.717, 1.165) is 0 Å². The minimum absolute atomic E-state index is 0.0761. The van der Waals surface area contributed by atoms with E-state index < -0.39 is 23.1 Å². The SMILES string of the molecule is C=C(N=CN1C(=O)C(O)=C(C(=O)C(C)(C)C)C1c1ccccc1)c1cccnc1. The van der Waals surface area contributed by atoms with E-state index in [0.29, 0.717) is 16.8 Å². The third kappa shape index (κ3) is 4.01. The van der Waals surface area contributed by atoms with Crippen LogP contribution in [-0.4, -0.2) is 33.0 Å². The second-order valence-corrected chi connectivity index (χ2v) is 7.80. The maximum atomic E-state index is 13.0. The number of carbonyl (C=O) groups excluding carboxylic acids is 2. The molecule has 2 aromatic rings. The van der Waals surface area contributed by atoms with Crippen LogP contribution in [0.1, 0.15) is 37.9 Å². The van der Waals surface area contributed by atoms with Crippen LogP contribution in [0.3, 0.4) is 0 Å². The molecule has 0 aliphatic carbocycles. The highest BCUT2D eigenvalue weighted by Crippen LogP contribution is 2.40. The number of aromatic nitrogens is 1. The van der Waals surface area contributed by atoms with Gasteiger partial charge in [-0.05, 0) is 17.7 Å². The van der Waals surface area contributed by atoms with Gasteiger partial charge in [0, 0.05) is 23.4 Å². The number of ketones is 1. The Morgan fingerprint density at radius 3 is 2.48 bits per heavy atom. The normalized spacial score (nSPS) is 17.3. The minimum atomic E-state index is -0.763. The molecule has 6 heteroatoms. The van der Waals surface area contributed by atoms with Crippen LogP contribution < -0.4 is 0 Å². The molecule has 1 N–H and O–H groups in total. The Bertz CT molecular complexity index is 1000. The lowest BCUT2D eigenvalue weighted by molar-refractivity contribution is -0.125. The largest absolute Gasteiger partial charge is 0.503 e. The lowest BCUT2D eigenvalue weighted by Gasteiger charge is -2.26. The number of carbonyl (C=O) groups is 2. The third-order valence-electron chi connectivity index (χ3n) is 4.62. The maximum Gasteiger partial charge on any atom is 0.295 e. The second kappa shape index (κ2) is 7.83. The topological polar surface area (TPSA) is 82.9 Å². The standard InChI is InChI=1S/C23H23N3O3/c1-15(17-11-8-12-24-13-17)25-14-26-19(16-9-6-5-7-10-16)18(20(27)22(26)29)21(28)23(2,3)4/h5-14,19,27H,1H2,2-4H3. The maximum absolute atomic E-state index is 13.0. The van der Waals surface area contributed by atoms with Crippen molar-refractivity contribution in [3.05, 3.63) is 83.9 Å². The van der Waals surface area contributed by atoms with Crippen molar-refractivity contribution in [2.45, 2.75) is 26.8 Å². The van der Waals surface area contributed by atoms with Gasteiger partial charge >= 0.3 is 0 Å². The average Bonchev–Trinajstić information content (AvgIpc) is 2.96. The van der Waals surface area contributed by atoms with Crippen molar-refractivity contribution < 1.29 is 14.7 Å². The Morgan fingerprint density at radius 1 is 1.21 bits per heavy atom. The first kappa shape index (κ1) is 20.2. The van der Waals surface area contributed by atoms with E-state index in [1.54, 1.807) is 45.3 Å². The zero-order chi connectivity index (χ0) is 21.2. The van der Waals surface area contributed by atoms with Gasteiger partial charge in [-0.1, -0.05) is 57.7 Å². The van der Waals surface area contributed by atoms with E-state index in [-0.39, 0.29) is 11.4 Å². The van der Waals surface area contributed by atoms with Crippen LogP contribution in [0.5, 0.6) is 0 Å². The van der Waals surface area contributed by atoms with E-state index in [4.69, 9.17) is 0 Å². The highest BCUT2D eigenvalue weighted by molar-refractivity contribution is 6.13. The van der Waals surface area contributed by atoms with Crippen LogP contribution in [0.15, 0.2) is 77.8 Å². The number of rotatable bonds is 5. The van der Waals surface area contributed by atoms with Gasteiger partial charge in [0.2, 0.25) is 0 Å². The molecule has 0 bridgehead atoms. The molecule has 1 aliphatic rings. The van der Waals surface area contributed by atoms with Crippen molar-refractivity contribution in [1.29, 1.82) is 0 Å². The van der Waals surface area contributed by atoms with Gasteiger partial charge in [0.05, 0.1) is 23.7 Å². The van der Waals surface area contributed by atoms with E-state index in [1.165, 1.54) is 11.2 Å². The van der Waals surface area contributed by atoms with Gasteiger partial charge in [0.1, 0.15) is 0 Å². The van der Waals surface area contributed by atoms with E-state index in [2.05, 4.69) is 16.6 Å². The summed E-state index contributed by atoms with van der Waals surface area (Å²) in [5, 5.41) is 10.5. The summed E-state index contributed by atoms with van der Waals surface area (Å²) in [5.74, 6) is -1.51. The van der Waals surface area contributed by atoms with Gasteiger partial charge in [-0.25, -0.2) is 4.99 Å². The first-order chi connectivity index (χ1) is 13.7. The number of hydrogen-bond donors (Lipinski definition) is 1. The fourth-order valence-electron chi connectivity index (χ4n) is 3.08. The van der Waals surface area contributed by atoms with Crippen LogP contribution in [0.4, 0.5) is 0 Å². The minimum Gasteiger partial charge on any atom is -0.503 e. The first-order valence-corrected chi connectivity index (χ1v) is 9.21. The van der Waals surface area contributed by atoms with E-state index in [1.807, 2.05) is 30.3 Å². The van der Waals surface area contributed by atoms with Crippen LogP contribution >= 0.6 is 0 Å². The van der Waals surface area contributed by atoms with Crippen molar-refractivity contribution in [3.63, 3.8) is 0 Å². The molecule has 2 heterocycles. The fourth-order valence-corrected chi connectivity index (χ4v) is 3.08. The molecular formula is C23H23N3O3. The van der Waals surface area contributed by atoms with Gasteiger partial charge in [0.25, 0.3) is 5.91 Å². The third-order valence-corrected chi connectivity index (χ3v) is 4.62. The van der Waals surface area contributed by atoms with Gasteiger partial charge in [-0.3, -0.25) is 19.5 Å². The molecule has 29 heavy (non-hydrogen) atoms. The number of aliphatic hydroxyl groups excluding tert-OH is 1. The number of pyridine rings is 1. The smallest absolute Gasteiger partial charge is 0.295 e. The molecule has 1 atom stereocenters. The number of benzene rings is 1. The molecule has 1 aliphatic heterocycles. The molecular weight excluding hydrogens is 366 g/mol. The van der Waals surface area contributed by atoms with E-state index >= 15 is 0 Å². The summed E-state index contributed by atoms with van der Waals surface area (Å²) in [7, 11) is 0. The fraction of sp³-hybridized carbons (Fsp3) is 0.217. The summed E-state index contributed by atoms with van der Waals surface area (Å²) >= 11 is 0. The molecule has 0 radical (unpaired) electrons. The number of aliphatic hydroxyl groups is 1. The molecule has 3 rings (SSSR count). The molecule has 0 spiro atoms. The summed E-state index contributed by atoms with van der Waals surface area (Å²) in [6.45, 7) is 9.16. The summed E-state index contributed by atoms with van der Waals surface area (Å²) in [4.78, 5) is 35.4. The van der Waals surface area contributed by atoms with Crippen molar-refractivity contribution >= 4 is 23.7 Å². The number of aliphatic imine (C=N–C) groups is 1. The molecule has 1 unspecified atom stereocenters. The van der Waals surface area contributed by atoms with Crippen molar-refractivity contribution in [2.24, 2.45) is 10.4 Å². The van der Waals surface area contributed by atoms with Gasteiger partial charge in [0.15, 0.2) is 11.5 Å². The Balaban J connectivity index is 2.03. The van der Waals surface area contributed by atoms with Crippen molar-refractivity contribution in [2.75, 3.05) is 0 Å². The lowest BCUT2D eigenvalue weighted by Crippen LogP contribution is -2.31. The van der Waals surface area contributed by atoms with Crippen molar-refractivity contribution in [3.8, 4) is 0 Å². The van der Waals surface area contributed by atoms with Crippen LogP contribution in [0, 0.1) is 5.41 Å². The van der Waals surface area contributed by atoms with Crippen LogP contribution in [0.2, 0.25) is 0 Å². The number of Topliss-reactive ketones (excluding diaryl/α,β-unsaturated/α-hetero) is 1. The Labute approximate surface area is 169 Å². The van der Waals surface area contributed by atoms with Gasteiger partial charge < -0.3 is 5.11 Å². The van der Waals surface area contributed by atoms with Gasteiger partial charge in [-0.2, -0.15) is 0 Å².